The summed E-state index contributed by atoms with van der Waals surface area (Å²) >= 11 is 0. The molecule has 1 saturated heterocycles. The van der Waals surface area contributed by atoms with Crippen LogP contribution in [0.4, 0.5) is 4.39 Å². The maximum absolute atomic E-state index is 13.2. The molecule has 2 aromatic rings. The predicted octanol–water partition coefficient (Wildman–Crippen LogP) is 1.96. The molecule has 7 heteroatoms. The van der Waals surface area contributed by atoms with E-state index in [1.807, 2.05) is 4.68 Å². The minimum absolute atomic E-state index is 0.106. The van der Waals surface area contributed by atoms with Crippen LogP contribution in [0.2, 0.25) is 0 Å². The van der Waals surface area contributed by atoms with Gasteiger partial charge in [0.2, 0.25) is 0 Å². The van der Waals surface area contributed by atoms with Crippen LogP contribution in [-0.2, 0) is 38.5 Å². The van der Waals surface area contributed by atoms with Crippen LogP contribution in [0.15, 0.2) is 24.3 Å². The number of halogens is 1. The van der Waals surface area contributed by atoms with E-state index in [2.05, 4.69) is 5.10 Å². The quantitative estimate of drug-likeness (QED) is 0.792. The van der Waals surface area contributed by atoms with Gasteiger partial charge >= 0.3 is 5.97 Å². The summed E-state index contributed by atoms with van der Waals surface area (Å²) in [6.07, 6.45) is 2.19. The standard InChI is InChI=1S/C18H19FN2O4/c19-12-4-6-13(7-5-12)21-16-3-1-2-14(16)15(20-21)10-25-18(22)17-11-23-8-9-24-17/h4-7,17H,1-3,8-11H2/t17-/m0/s1. The fraction of sp³-hybridized carbons (Fsp3) is 0.444. The van der Waals surface area contributed by atoms with Crippen molar-refractivity contribution >= 4 is 5.97 Å². The number of rotatable bonds is 4. The van der Waals surface area contributed by atoms with Crippen molar-refractivity contribution in [2.75, 3.05) is 19.8 Å². The van der Waals surface area contributed by atoms with Gasteiger partial charge < -0.3 is 14.2 Å². The Kier molecular flexibility index (Phi) is 4.50. The van der Waals surface area contributed by atoms with Crippen molar-refractivity contribution in [2.45, 2.75) is 32.0 Å². The molecular weight excluding hydrogens is 327 g/mol. The molecule has 0 saturated carbocycles. The Labute approximate surface area is 144 Å². The predicted molar refractivity (Wildman–Crippen MR) is 85.9 cm³/mol. The molecule has 132 valence electrons. The first-order chi connectivity index (χ1) is 12.2. The summed E-state index contributed by atoms with van der Waals surface area (Å²) < 4.78 is 30.9. The zero-order chi connectivity index (χ0) is 17.2. The van der Waals surface area contributed by atoms with Crippen molar-refractivity contribution in [3.63, 3.8) is 0 Å². The second kappa shape index (κ2) is 6.93. The summed E-state index contributed by atoms with van der Waals surface area (Å²) in [5.41, 5.74) is 3.79. The van der Waals surface area contributed by atoms with Crippen molar-refractivity contribution < 1.29 is 23.4 Å². The van der Waals surface area contributed by atoms with E-state index in [9.17, 15) is 9.18 Å². The zero-order valence-corrected chi connectivity index (χ0v) is 13.7. The fourth-order valence-electron chi connectivity index (χ4n) is 3.28. The Morgan fingerprint density at radius 1 is 1.28 bits per heavy atom. The van der Waals surface area contributed by atoms with E-state index in [1.54, 1.807) is 12.1 Å². The number of carbonyl (C=O) groups is 1. The highest BCUT2D eigenvalue weighted by Crippen LogP contribution is 2.28. The molecule has 1 aliphatic carbocycles. The molecule has 6 nitrogen and oxygen atoms in total. The minimum atomic E-state index is -0.666. The summed E-state index contributed by atoms with van der Waals surface area (Å²) in [5, 5.41) is 4.59. The second-order valence-corrected chi connectivity index (χ2v) is 6.16. The Balaban J connectivity index is 1.51. The molecule has 0 spiro atoms. The van der Waals surface area contributed by atoms with Crippen LogP contribution in [0.25, 0.3) is 5.69 Å². The summed E-state index contributed by atoms with van der Waals surface area (Å²) in [4.78, 5) is 12.1. The third kappa shape index (κ3) is 3.29. The smallest absolute Gasteiger partial charge is 0.338 e. The van der Waals surface area contributed by atoms with Crippen molar-refractivity contribution in [3.8, 4) is 5.69 Å². The van der Waals surface area contributed by atoms with Crippen LogP contribution >= 0.6 is 0 Å². The summed E-state index contributed by atoms with van der Waals surface area (Å²) in [5.74, 6) is -0.709. The van der Waals surface area contributed by atoms with Crippen molar-refractivity contribution in [1.82, 2.24) is 9.78 Å². The van der Waals surface area contributed by atoms with Gasteiger partial charge in [0.15, 0.2) is 6.10 Å². The molecule has 25 heavy (non-hydrogen) atoms. The molecule has 0 unspecified atom stereocenters. The third-order valence-electron chi connectivity index (χ3n) is 4.51. The van der Waals surface area contributed by atoms with E-state index in [1.165, 1.54) is 12.1 Å². The number of fused-ring (bicyclic) bond motifs is 1. The first-order valence-corrected chi connectivity index (χ1v) is 8.44. The van der Waals surface area contributed by atoms with Crippen molar-refractivity contribution in [1.29, 1.82) is 0 Å². The number of aromatic nitrogens is 2. The van der Waals surface area contributed by atoms with Gasteiger partial charge in [0.1, 0.15) is 18.1 Å². The van der Waals surface area contributed by atoms with E-state index in [0.29, 0.717) is 13.2 Å². The number of nitrogens with zero attached hydrogens (tertiary/aromatic N) is 2. The molecule has 1 aliphatic heterocycles. The van der Waals surface area contributed by atoms with Gasteiger partial charge in [0.25, 0.3) is 0 Å². The molecule has 0 radical (unpaired) electrons. The zero-order valence-electron chi connectivity index (χ0n) is 13.7. The van der Waals surface area contributed by atoms with E-state index in [4.69, 9.17) is 14.2 Å². The Hall–Kier alpha value is -2.25. The first kappa shape index (κ1) is 16.2. The largest absolute Gasteiger partial charge is 0.457 e. The number of ether oxygens (including phenoxy) is 3. The lowest BCUT2D eigenvalue weighted by Gasteiger charge is -2.21. The highest BCUT2D eigenvalue weighted by atomic mass is 19.1. The fourth-order valence-corrected chi connectivity index (χ4v) is 3.28. The molecule has 2 aliphatic rings. The molecule has 4 rings (SSSR count). The van der Waals surface area contributed by atoms with Gasteiger partial charge in [0, 0.05) is 11.3 Å². The third-order valence-corrected chi connectivity index (χ3v) is 4.51. The van der Waals surface area contributed by atoms with Gasteiger partial charge in [-0.15, -0.1) is 0 Å². The molecule has 2 heterocycles. The monoisotopic (exact) mass is 346 g/mol. The maximum atomic E-state index is 13.2. The highest BCUT2D eigenvalue weighted by molar-refractivity contribution is 5.75. The minimum Gasteiger partial charge on any atom is -0.457 e. The highest BCUT2D eigenvalue weighted by Gasteiger charge is 2.27. The van der Waals surface area contributed by atoms with Gasteiger partial charge in [-0.05, 0) is 43.5 Å². The molecule has 0 bridgehead atoms. The van der Waals surface area contributed by atoms with Crippen LogP contribution < -0.4 is 0 Å². The van der Waals surface area contributed by atoms with Gasteiger partial charge in [-0.3, -0.25) is 0 Å². The van der Waals surface area contributed by atoms with Gasteiger partial charge in [-0.25, -0.2) is 13.9 Å². The number of benzene rings is 1. The number of hydrogen-bond donors (Lipinski definition) is 0. The average molecular weight is 346 g/mol. The molecular formula is C18H19FN2O4. The van der Waals surface area contributed by atoms with Crippen molar-refractivity contribution in [2.24, 2.45) is 0 Å². The van der Waals surface area contributed by atoms with Gasteiger partial charge in [-0.1, -0.05) is 0 Å². The summed E-state index contributed by atoms with van der Waals surface area (Å²) in [6, 6.07) is 6.23. The Bertz CT molecular complexity index is 766. The van der Waals surface area contributed by atoms with Gasteiger partial charge in [-0.2, -0.15) is 5.10 Å². The van der Waals surface area contributed by atoms with Crippen LogP contribution in [0, 0.1) is 5.82 Å². The molecule has 1 fully saturated rings. The molecule has 1 aromatic carbocycles. The first-order valence-electron chi connectivity index (χ1n) is 8.44. The molecule has 0 N–H and O–H groups in total. The average Bonchev–Trinajstić information content (AvgIpc) is 3.24. The molecule has 1 atom stereocenters. The van der Waals surface area contributed by atoms with Crippen molar-refractivity contribution in [3.05, 3.63) is 47.0 Å². The van der Waals surface area contributed by atoms with Crippen LogP contribution in [0.3, 0.4) is 0 Å². The van der Waals surface area contributed by atoms with E-state index in [0.717, 1.165) is 41.9 Å². The Morgan fingerprint density at radius 2 is 2.12 bits per heavy atom. The summed E-state index contributed by atoms with van der Waals surface area (Å²) in [7, 11) is 0. The van der Waals surface area contributed by atoms with Crippen LogP contribution in [0.5, 0.6) is 0 Å². The van der Waals surface area contributed by atoms with Crippen LogP contribution in [-0.4, -0.2) is 41.7 Å². The number of hydrogen-bond acceptors (Lipinski definition) is 5. The lowest BCUT2D eigenvalue weighted by atomic mass is 10.2. The second-order valence-electron chi connectivity index (χ2n) is 6.16. The number of esters is 1. The maximum Gasteiger partial charge on any atom is 0.338 e. The van der Waals surface area contributed by atoms with E-state index in [-0.39, 0.29) is 19.0 Å². The van der Waals surface area contributed by atoms with E-state index >= 15 is 0 Å². The Morgan fingerprint density at radius 3 is 2.88 bits per heavy atom. The lowest BCUT2D eigenvalue weighted by molar-refractivity contribution is -0.172. The lowest BCUT2D eigenvalue weighted by Crippen LogP contribution is -2.36. The SMILES string of the molecule is O=C(OCc1nn(-c2ccc(F)cc2)c2c1CCC2)[C@@H]1COCCO1. The normalized spacial score (nSPS) is 19.6. The van der Waals surface area contributed by atoms with E-state index < -0.39 is 12.1 Å². The van der Waals surface area contributed by atoms with Gasteiger partial charge in [0.05, 0.1) is 25.5 Å². The molecule has 1 aromatic heterocycles. The topological polar surface area (TPSA) is 62.6 Å². The van der Waals surface area contributed by atoms with Crippen LogP contribution in [0.1, 0.15) is 23.4 Å². The summed E-state index contributed by atoms with van der Waals surface area (Å²) in [6.45, 7) is 1.23. The number of carbonyl (C=O) groups excluding carboxylic acids is 1. The molecule has 0 amide bonds.